The highest BCUT2D eigenvalue weighted by Crippen LogP contribution is 2.27. The van der Waals surface area contributed by atoms with Crippen LogP contribution in [0.15, 0.2) is 36.4 Å². The van der Waals surface area contributed by atoms with Crippen LogP contribution < -0.4 is 19.5 Å². The molecule has 0 aromatic heterocycles. The number of hydrogen-bond acceptors (Lipinski definition) is 4. The number of amides is 1. The van der Waals surface area contributed by atoms with Gasteiger partial charge in [-0.3, -0.25) is 4.79 Å². The fraction of sp³-hybridized carbons (Fsp3) is 0.278. The number of benzene rings is 2. The van der Waals surface area contributed by atoms with Crippen LogP contribution in [0.1, 0.15) is 21.5 Å². The zero-order chi connectivity index (χ0) is 16.8. The topological polar surface area (TPSA) is 56.8 Å². The third-order valence-electron chi connectivity index (χ3n) is 3.56. The van der Waals surface area contributed by atoms with Gasteiger partial charge in [0.2, 0.25) is 0 Å². The Labute approximate surface area is 136 Å². The van der Waals surface area contributed by atoms with Crippen LogP contribution in [0.3, 0.4) is 0 Å². The standard InChI is InChI=1S/C18H21NO4/c1-12-9-13(5-7-15(12)21-2)11-19-18(20)14-6-8-16(22-3)17(10-14)23-4/h5-10H,11H2,1-4H3,(H,19,20). The largest absolute Gasteiger partial charge is 0.496 e. The molecule has 2 aromatic carbocycles. The summed E-state index contributed by atoms with van der Waals surface area (Å²) in [6, 6.07) is 10.9. The van der Waals surface area contributed by atoms with E-state index in [2.05, 4.69) is 5.32 Å². The fourth-order valence-corrected chi connectivity index (χ4v) is 2.31. The number of nitrogens with one attached hydrogen (secondary N) is 1. The van der Waals surface area contributed by atoms with Crippen LogP contribution in [-0.2, 0) is 6.54 Å². The van der Waals surface area contributed by atoms with Crippen LogP contribution in [0.25, 0.3) is 0 Å². The van der Waals surface area contributed by atoms with Crippen molar-refractivity contribution in [1.82, 2.24) is 5.32 Å². The molecule has 0 heterocycles. The number of rotatable bonds is 6. The van der Waals surface area contributed by atoms with Gasteiger partial charge in [-0.1, -0.05) is 12.1 Å². The molecular weight excluding hydrogens is 294 g/mol. The number of ether oxygens (including phenoxy) is 3. The van der Waals surface area contributed by atoms with Gasteiger partial charge >= 0.3 is 0 Å². The first-order valence-corrected chi connectivity index (χ1v) is 7.22. The lowest BCUT2D eigenvalue weighted by Gasteiger charge is -2.11. The molecule has 0 aliphatic rings. The van der Waals surface area contributed by atoms with Crippen molar-refractivity contribution in [3.8, 4) is 17.2 Å². The summed E-state index contributed by atoms with van der Waals surface area (Å²) in [5, 5.41) is 2.89. The van der Waals surface area contributed by atoms with E-state index >= 15 is 0 Å². The van der Waals surface area contributed by atoms with E-state index in [0.717, 1.165) is 16.9 Å². The lowest BCUT2D eigenvalue weighted by molar-refractivity contribution is 0.0950. The summed E-state index contributed by atoms with van der Waals surface area (Å²) < 4.78 is 15.6. The second kappa shape index (κ2) is 7.54. The molecule has 5 heteroatoms. The summed E-state index contributed by atoms with van der Waals surface area (Å²) >= 11 is 0. The van der Waals surface area contributed by atoms with Crippen molar-refractivity contribution in [3.63, 3.8) is 0 Å². The molecule has 122 valence electrons. The van der Waals surface area contributed by atoms with Crippen molar-refractivity contribution in [2.24, 2.45) is 0 Å². The molecule has 0 aliphatic heterocycles. The Morgan fingerprint density at radius 1 is 0.913 bits per heavy atom. The molecule has 5 nitrogen and oxygen atoms in total. The predicted octanol–water partition coefficient (Wildman–Crippen LogP) is 2.95. The van der Waals surface area contributed by atoms with E-state index in [4.69, 9.17) is 14.2 Å². The van der Waals surface area contributed by atoms with Gasteiger partial charge in [-0.15, -0.1) is 0 Å². The Morgan fingerprint density at radius 2 is 1.57 bits per heavy atom. The van der Waals surface area contributed by atoms with Crippen molar-refractivity contribution in [2.45, 2.75) is 13.5 Å². The molecule has 0 bridgehead atoms. The molecule has 1 amide bonds. The van der Waals surface area contributed by atoms with Crippen LogP contribution >= 0.6 is 0 Å². The van der Waals surface area contributed by atoms with E-state index in [0.29, 0.717) is 23.6 Å². The third kappa shape index (κ3) is 3.94. The van der Waals surface area contributed by atoms with Gasteiger partial charge in [-0.05, 0) is 42.3 Å². The molecule has 0 atom stereocenters. The second-order valence-corrected chi connectivity index (χ2v) is 5.06. The molecule has 2 aromatic rings. The minimum Gasteiger partial charge on any atom is -0.496 e. The molecule has 0 radical (unpaired) electrons. The average molecular weight is 315 g/mol. The Balaban J connectivity index is 2.06. The number of hydrogen-bond donors (Lipinski definition) is 1. The number of aryl methyl sites for hydroxylation is 1. The van der Waals surface area contributed by atoms with Crippen molar-refractivity contribution in [1.29, 1.82) is 0 Å². The zero-order valence-corrected chi connectivity index (χ0v) is 13.8. The highest BCUT2D eigenvalue weighted by atomic mass is 16.5. The smallest absolute Gasteiger partial charge is 0.251 e. The zero-order valence-electron chi connectivity index (χ0n) is 13.8. The van der Waals surface area contributed by atoms with E-state index < -0.39 is 0 Å². The van der Waals surface area contributed by atoms with E-state index in [9.17, 15) is 4.79 Å². The molecular formula is C18H21NO4. The van der Waals surface area contributed by atoms with E-state index in [-0.39, 0.29) is 5.91 Å². The quantitative estimate of drug-likeness (QED) is 0.890. The van der Waals surface area contributed by atoms with Crippen LogP contribution in [-0.4, -0.2) is 27.2 Å². The summed E-state index contributed by atoms with van der Waals surface area (Å²) in [5.41, 5.74) is 2.57. The molecule has 0 aliphatic carbocycles. The Morgan fingerprint density at radius 3 is 2.17 bits per heavy atom. The van der Waals surface area contributed by atoms with Crippen molar-refractivity contribution >= 4 is 5.91 Å². The maximum absolute atomic E-state index is 12.3. The maximum atomic E-state index is 12.3. The summed E-state index contributed by atoms with van der Waals surface area (Å²) in [6.45, 7) is 2.41. The van der Waals surface area contributed by atoms with Crippen LogP contribution in [0, 0.1) is 6.92 Å². The monoisotopic (exact) mass is 315 g/mol. The van der Waals surface area contributed by atoms with E-state index in [1.54, 1.807) is 39.5 Å². The minimum atomic E-state index is -0.167. The average Bonchev–Trinajstić information content (AvgIpc) is 2.59. The molecule has 0 saturated carbocycles. The van der Waals surface area contributed by atoms with E-state index in [1.165, 1.54) is 0 Å². The predicted molar refractivity (Wildman–Crippen MR) is 88.4 cm³/mol. The lowest BCUT2D eigenvalue weighted by Crippen LogP contribution is -2.22. The third-order valence-corrected chi connectivity index (χ3v) is 3.56. The van der Waals surface area contributed by atoms with Crippen LogP contribution in [0.5, 0.6) is 17.2 Å². The first kappa shape index (κ1) is 16.7. The molecule has 0 fully saturated rings. The maximum Gasteiger partial charge on any atom is 0.251 e. The molecule has 0 spiro atoms. The normalized spacial score (nSPS) is 10.1. The highest BCUT2D eigenvalue weighted by molar-refractivity contribution is 5.94. The van der Waals surface area contributed by atoms with Gasteiger partial charge in [0.1, 0.15) is 5.75 Å². The van der Waals surface area contributed by atoms with Crippen molar-refractivity contribution in [2.75, 3.05) is 21.3 Å². The molecule has 2 rings (SSSR count). The van der Waals surface area contributed by atoms with Crippen molar-refractivity contribution in [3.05, 3.63) is 53.1 Å². The molecule has 23 heavy (non-hydrogen) atoms. The van der Waals surface area contributed by atoms with Gasteiger partial charge in [0.05, 0.1) is 21.3 Å². The highest BCUT2D eigenvalue weighted by Gasteiger charge is 2.10. The molecule has 1 N–H and O–H groups in total. The molecule has 0 saturated heterocycles. The van der Waals surface area contributed by atoms with Crippen LogP contribution in [0.2, 0.25) is 0 Å². The minimum absolute atomic E-state index is 0.167. The van der Waals surface area contributed by atoms with Crippen LogP contribution in [0.4, 0.5) is 0 Å². The van der Waals surface area contributed by atoms with Gasteiger partial charge in [-0.25, -0.2) is 0 Å². The van der Waals surface area contributed by atoms with Gasteiger partial charge < -0.3 is 19.5 Å². The van der Waals surface area contributed by atoms with Gasteiger partial charge in [0, 0.05) is 12.1 Å². The van der Waals surface area contributed by atoms with Crippen molar-refractivity contribution < 1.29 is 19.0 Å². The fourth-order valence-electron chi connectivity index (χ4n) is 2.31. The second-order valence-electron chi connectivity index (χ2n) is 5.06. The van der Waals surface area contributed by atoms with Gasteiger partial charge in [-0.2, -0.15) is 0 Å². The Kier molecular flexibility index (Phi) is 5.46. The number of carbonyl (C=O) groups is 1. The summed E-state index contributed by atoms with van der Waals surface area (Å²) in [4.78, 5) is 12.3. The SMILES string of the molecule is COc1ccc(CNC(=O)c2ccc(OC)c(OC)c2)cc1C. The number of carbonyl (C=O) groups excluding carboxylic acids is 1. The summed E-state index contributed by atoms with van der Waals surface area (Å²) in [5.74, 6) is 1.79. The Bertz CT molecular complexity index is 697. The van der Waals surface area contributed by atoms with Gasteiger partial charge in [0.25, 0.3) is 5.91 Å². The Hall–Kier alpha value is -2.69. The van der Waals surface area contributed by atoms with Gasteiger partial charge in [0.15, 0.2) is 11.5 Å². The first-order valence-electron chi connectivity index (χ1n) is 7.22. The summed E-state index contributed by atoms with van der Waals surface area (Å²) in [6.07, 6.45) is 0. The number of methoxy groups -OCH3 is 3. The molecule has 0 unspecified atom stereocenters. The first-order chi connectivity index (χ1) is 11.1. The van der Waals surface area contributed by atoms with E-state index in [1.807, 2.05) is 25.1 Å². The summed E-state index contributed by atoms with van der Waals surface area (Å²) in [7, 11) is 4.74. The lowest BCUT2D eigenvalue weighted by atomic mass is 10.1.